The van der Waals surface area contributed by atoms with Gasteiger partial charge in [-0.2, -0.15) is 0 Å². The third kappa shape index (κ3) is 5.18. The maximum atomic E-state index is 6.20. The summed E-state index contributed by atoms with van der Waals surface area (Å²) in [5.74, 6) is 0. The molecule has 0 saturated carbocycles. The molecule has 0 N–H and O–H groups in total. The molecular weight excluding hydrogens is 256 g/mol. The highest BCUT2D eigenvalue weighted by molar-refractivity contribution is 6.74. The Labute approximate surface area is 120 Å². The van der Waals surface area contributed by atoms with E-state index < -0.39 is 8.32 Å². The minimum atomic E-state index is -1.63. The predicted octanol–water partition coefficient (Wildman–Crippen LogP) is 4.14. The van der Waals surface area contributed by atoms with Gasteiger partial charge in [-0.1, -0.05) is 27.7 Å². The topological polar surface area (TPSA) is 27.7 Å². The molecule has 0 aromatic rings. The maximum absolute atomic E-state index is 6.20. The molecular formula is C15H31O3Si. The van der Waals surface area contributed by atoms with Gasteiger partial charge in [0, 0.05) is 13.0 Å². The van der Waals surface area contributed by atoms with Crippen LogP contribution in [-0.4, -0.2) is 33.4 Å². The second kappa shape index (κ2) is 6.70. The first-order chi connectivity index (χ1) is 8.65. The normalized spacial score (nSPS) is 29.5. The van der Waals surface area contributed by atoms with E-state index in [-0.39, 0.29) is 23.5 Å². The summed E-state index contributed by atoms with van der Waals surface area (Å²) in [5.41, 5.74) is 0. The van der Waals surface area contributed by atoms with Crippen LogP contribution < -0.4 is 0 Å². The quantitative estimate of drug-likeness (QED) is 0.711. The first-order valence-corrected chi connectivity index (χ1v) is 10.3. The molecule has 1 heterocycles. The first-order valence-electron chi connectivity index (χ1n) is 7.43. The predicted molar refractivity (Wildman–Crippen MR) is 81.6 cm³/mol. The van der Waals surface area contributed by atoms with Gasteiger partial charge >= 0.3 is 0 Å². The lowest BCUT2D eigenvalue weighted by Crippen LogP contribution is -2.42. The molecule has 0 bridgehead atoms. The average molecular weight is 287 g/mol. The minimum absolute atomic E-state index is 0.0524. The van der Waals surface area contributed by atoms with Gasteiger partial charge in [-0.3, -0.25) is 0 Å². The van der Waals surface area contributed by atoms with Crippen molar-refractivity contribution in [1.29, 1.82) is 0 Å². The Bertz CT molecular complexity index is 273. The van der Waals surface area contributed by atoms with Gasteiger partial charge in [0.2, 0.25) is 0 Å². The molecule has 0 unspecified atom stereocenters. The Balaban J connectivity index is 2.37. The second-order valence-corrected chi connectivity index (χ2v) is 11.8. The third-order valence-electron chi connectivity index (χ3n) is 4.26. The Morgan fingerprint density at radius 1 is 1.26 bits per heavy atom. The van der Waals surface area contributed by atoms with Crippen molar-refractivity contribution >= 4 is 8.32 Å². The SMILES string of the molecule is [CH2][C@@H]1C[C@H](CCO[Si](C)(C)C(C)(C)C)O[C@H](CC)O1. The summed E-state index contributed by atoms with van der Waals surface area (Å²) in [6, 6.07) is 0. The van der Waals surface area contributed by atoms with Crippen molar-refractivity contribution in [3.8, 4) is 0 Å². The average Bonchev–Trinajstić information content (AvgIpc) is 2.26. The number of rotatable bonds is 5. The summed E-state index contributed by atoms with van der Waals surface area (Å²) >= 11 is 0. The fourth-order valence-corrected chi connectivity index (χ4v) is 2.97. The largest absolute Gasteiger partial charge is 0.417 e. The highest BCUT2D eigenvalue weighted by Crippen LogP contribution is 2.36. The van der Waals surface area contributed by atoms with Crippen LogP contribution in [0.2, 0.25) is 18.1 Å². The van der Waals surface area contributed by atoms with E-state index in [0.717, 1.165) is 25.9 Å². The summed E-state index contributed by atoms with van der Waals surface area (Å²) in [7, 11) is -1.63. The number of ether oxygens (including phenoxy) is 2. The molecule has 0 aromatic carbocycles. The van der Waals surface area contributed by atoms with E-state index in [1.807, 2.05) is 0 Å². The van der Waals surface area contributed by atoms with Gasteiger partial charge in [0.1, 0.15) is 0 Å². The Morgan fingerprint density at radius 3 is 2.42 bits per heavy atom. The Kier molecular flexibility index (Phi) is 6.05. The van der Waals surface area contributed by atoms with Crippen LogP contribution in [0.1, 0.15) is 47.0 Å². The monoisotopic (exact) mass is 287 g/mol. The van der Waals surface area contributed by atoms with E-state index in [9.17, 15) is 0 Å². The highest BCUT2D eigenvalue weighted by Gasteiger charge is 2.37. The van der Waals surface area contributed by atoms with Crippen LogP contribution in [0.3, 0.4) is 0 Å². The molecule has 1 fully saturated rings. The van der Waals surface area contributed by atoms with Gasteiger partial charge in [0.25, 0.3) is 0 Å². The van der Waals surface area contributed by atoms with Crippen molar-refractivity contribution in [2.45, 2.75) is 83.6 Å². The zero-order valence-corrected chi connectivity index (χ0v) is 14.5. The van der Waals surface area contributed by atoms with Crippen LogP contribution in [0, 0.1) is 6.92 Å². The van der Waals surface area contributed by atoms with Crippen LogP contribution >= 0.6 is 0 Å². The van der Waals surface area contributed by atoms with Gasteiger partial charge in [-0.05, 0) is 37.9 Å². The van der Waals surface area contributed by atoms with Gasteiger partial charge in [0.15, 0.2) is 14.6 Å². The minimum Gasteiger partial charge on any atom is -0.417 e. The van der Waals surface area contributed by atoms with Crippen molar-refractivity contribution in [2.75, 3.05) is 6.61 Å². The highest BCUT2D eigenvalue weighted by atomic mass is 28.4. The van der Waals surface area contributed by atoms with Crippen molar-refractivity contribution in [3.05, 3.63) is 6.92 Å². The molecule has 19 heavy (non-hydrogen) atoms. The van der Waals surface area contributed by atoms with Crippen LogP contribution in [0.5, 0.6) is 0 Å². The number of hydrogen-bond donors (Lipinski definition) is 0. The van der Waals surface area contributed by atoms with E-state index in [2.05, 4.69) is 47.7 Å². The van der Waals surface area contributed by atoms with E-state index in [1.54, 1.807) is 0 Å². The molecule has 113 valence electrons. The summed E-state index contributed by atoms with van der Waals surface area (Å²) in [4.78, 5) is 0. The molecule has 3 nitrogen and oxygen atoms in total. The van der Waals surface area contributed by atoms with Crippen LogP contribution in [0.15, 0.2) is 0 Å². The van der Waals surface area contributed by atoms with Crippen molar-refractivity contribution < 1.29 is 13.9 Å². The third-order valence-corrected chi connectivity index (χ3v) is 8.79. The maximum Gasteiger partial charge on any atom is 0.191 e. The van der Waals surface area contributed by atoms with E-state index in [1.165, 1.54) is 0 Å². The fourth-order valence-electron chi connectivity index (χ4n) is 1.91. The Morgan fingerprint density at radius 2 is 1.89 bits per heavy atom. The smallest absolute Gasteiger partial charge is 0.191 e. The molecule has 1 rings (SSSR count). The molecule has 0 amide bonds. The van der Waals surface area contributed by atoms with Gasteiger partial charge in [-0.25, -0.2) is 0 Å². The molecule has 0 aromatic heterocycles. The lowest BCUT2D eigenvalue weighted by molar-refractivity contribution is -0.235. The lowest BCUT2D eigenvalue weighted by atomic mass is 10.1. The van der Waals surface area contributed by atoms with Crippen molar-refractivity contribution in [1.82, 2.24) is 0 Å². The molecule has 0 spiro atoms. The van der Waals surface area contributed by atoms with E-state index >= 15 is 0 Å². The first kappa shape index (κ1) is 17.1. The van der Waals surface area contributed by atoms with Gasteiger partial charge in [-0.15, -0.1) is 0 Å². The second-order valence-electron chi connectivity index (χ2n) is 6.99. The summed E-state index contributed by atoms with van der Waals surface area (Å²) < 4.78 is 17.7. The van der Waals surface area contributed by atoms with Gasteiger partial charge in [0.05, 0.1) is 12.2 Å². The van der Waals surface area contributed by atoms with Crippen LogP contribution in [0.25, 0.3) is 0 Å². The Hall–Kier alpha value is 0.0969. The molecule has 1 aliphatic heterocycles. The molecule has 1 saturated heterocycles. The van der Waals surface area contributed by atoms with Crippen molar-refractivity contribution in [3.63, 3.8) is 0 Å². The van der Waals surface area contributed by atoms with Crippen LogP contribution in [-0.2, 0) is 13.9 Å². The van der Waals surface area contributed by atoms with E-state index in [4.69, 9.17) is 13.9 Å². The van der Waals surface area contributed by atoms with E-state index in [0.29, 0.717) is 0 Å². The van der Waals surface area contributed by atoms with Crippen molar-refractivity contribution in [2.24, 2.45) is 0 Å². The molecule has 0 aliphatic carbocycles. The van der Waals surface area contributed by atoms with Crippen LogP contribution in [0.4, 0.5) is 0 Å². The lowest BCUT2D eigenvalue weighted by Gasteiger charge is -2.38. The van der Waals surface area contributed by atoms with Gasteiger partial charge < -0.3 is 13.9 Å². The summed E-state index contributed by atoms with van der Waals surface area (Å²) in [6.45, 7) is 18.2. The fraction of sp³-hybridized carbons (Fsp3) is 0.933. The molecule has 3 atom stereocenters. The molecule has 1 radical (unpaired) electrons. The zero-order chi connectivity index (χ0) is 14.7. The standard InChI is InChI=1S/C15H31O3Si/c1-8-14-17-12(2)11-13(18-14)9-10-16-19(6,7)15(3,4)5/h12-14H,2,8-11H2,1,3-7H3/t12-,13+,14-/m1/s1. The summed E-state index contributed by atoms with van der Waals surface area (Å²) in [6.07, 6.45) is 2.89. The zero-order valence-electron chi connectivity index (χ0n) is 13.5. The summed E-state index contributed by atoms with van der Waals surface area (Å²) in [5, 5.41) is 0.268. The molecule has 1 aliphatic rings. The number of hydrogen-bond acceptors (Lipinski definition) is 3. The molecule has 4 heteroatoms.